The van der Waals surface area contributed by atoms with Crippen LogP contribution in [-0.4, -0.2) is 49.6 Å². The molecule has 1 unspecified atom stereocenters. The second-order valence-corrected chi connectivity index (χ2v) is 6.17. The molecule has 1 aromatic rings. The minimum atomic E-state index is -0.317. The molecule has 6 nitrogen and oxygen atoms in total. The Hall–Kier alpha value is -2.31. The van der Waals surface area contributed by atoms with Gasteiger partial charge < -0.3 is 20.7 Å². The molecule has 0 bridgehead atoms. The fourth-order valence-corrected chi connectivity index (χ4v) is 3.01. The topological polar surface area (TPSA) is 80.0 Å². The summed E-state index contributed by atoms with van der Waals surface area (Å²) in [7, 11) is 0. The lowest BCUT2D eigenvalue weighted by atomic mass is 9.95. The molecule has 1 fully saturated rings. The number of nitrogens with two attached hydrogens (primary N) is 1. The largest absolute Gasteiger partial charge is 0.492 e. The first-order chi connectivity index (χ1) is 12.1. The summed E-state index contributed by atoms with van der Waals surface area (Å²) in [5, 5.41) is 3.28. The Morgan fingerprint density at radius 3 is 3.08 bits per heavy atom. The molecule has 3 N–H and O–H groups in total. The fraction of sp³-hybridized carbons (Fsp3) is 0.556. The van der Waals surface area contributed by atoms with E-state index in [-0.39, 0.29) is 17.6 Å². The van der Waals surface area contributed by atoms with Crippen LogP contribution in [0.1, 0.15) is 26.2 Å². The Bertz CT molecular complexity index is 594. The van der Waals surface area contributed by atoms with Gasteiger partial charge in [0.15, 0.2) is 5.96 Å². The second kappa shape index (κ2) is 9.86. The Morgan fingerprint density at radius 1 is 1.52 bits per heavy atom. The number of ether oxygens (including phenoxy) is 1. The van der Waals surface area contributed by atoms with E-state index >= 15 is 0 Å². The molecular formula is C18H27FN4O2. The summed E-state index contributed by atoms with van der Waals surface area (Å²) in [6, 6.07) is 6.07. The molecule has 1 amide bonds. The van der Waals surface area contributed by atoms with Gasteiger partial charge in [-0.1, -0.05) is 6.07 Å². The number of halogens is 1. The smallest absolute Gasteiger partial charge is 0.217 e. The highest BCUT2D eigenvalue weighted by atomic mass is 19.1. The summed E-state index contributed by atoms with van der Waals surface area (Å²) >= 11 is 0. The number of aliphatic imine (C=N–C) groups is 1. The van der Waals surface area contributed by atoms with Crippen molar-refractivity contribution in [2.75, 3.05) is 32.8 Å². The lowest BCUT2D eigenvalue weighted by molar-refractivity contribution is -0.119. The van der Waals surface area contributed by atoms with Crippen LogP contribution in [0.25, 0.3) is 0 Å². The molecule has 0 saturated carbocycles. The van der Waals surface area contributed by atoms with Crippen molar-refractivity contribution in [3.8, 4) is 5.75 Å². The van der Waals surface area contributed by atoms with Crippen LogP contribution in [0.2, 0.25) is 0 Å². The number of rotatable bonds is 7. The molecule has 0 spiro atoms. The zero-order chi connectivity index (χ0) is 18.1. The number of guanidine groups is 1. The fourth-order valence-electron chi connectivity index (χ4n) is 3.01. The summed E-state index contributed by atoms with van der Waals surface area (Å²) in [5.41, 5.74) is 5.32. The number of primary amides is 1. The van der Waals surface area contributed by atoms with Crippen LogP contribution in [0, 0.1) is 11.7 Å². The number of benzene rings is 1. The van der Waals surface area contributed by atoms with E-state index in [1.807, 2.05) is 6.92 Å². The SMILES string of the molecule is CCNC(=NCCOc1cccc(F)c1)N1CCCC(CC(N)=O)C1. The van der Waals surface area contributed by atoms with E-state index < -0.39 is 0 Å². The minimum absolute atomic E-state index is 0.253. The first kappa shape index (κ1) is 19.0. The number of nitrogens with one attached hydrogen (secondary N) is 1. The van der Waals surface area contributed by atoms with Crippen LogP contribution in [0.5, 0.6) is 5.75 Å². The molecule has 138 valence electrons. The molecule has 0 aliphatic carbocycles. The van der Waals surface area contributed by atoms with Crippen molar-refractivity contribution in [3.05, 3.63) is 30.1 Å². The Labute approximate surface area is 148 Å². The Balaban J connectivity index is 1.87. The number of nitrogens with zero attached hydrogens (tertiary/aromatic N) is 2. The number of amides is 1. The average Bonchev–Trinajstić information content (AvgIpc) is 2.57. The van der Waals surface area contributed by atoms with Gasteiger partial charge in [-0.2, -0.15) is 0 Å². The predicted molar refractivity (Wildman–Crippen MR) is 96.0 cm³/mol. The summed E-state index contributed by atoms with van der Waals surface area (Å²) in [4.78, 5) is 17.9. The summed E-state index contributed by atoms with van der Waals surface area (Å²) in [6.45, 7) is 5.31. The number of hydrogen-bond acceptors (Lipinski definition) is 3. The normalized spacial score (nSPS) is 18.1. The standard InChI is InChI=1S/C18H27FN4O2/c1-2-21-18(23-9-4-5-14(13-23)11-17(20)24)22-8-10-25-16-7-3-6-15(19)12-16/h3,6-7,12,14H,2,4-5,8-11,13H2,1H3,(H2,20,24)(H,21,22). The van der Waals surface area contributed by atoms with Crippen LogP contribution >= 0.6 is 0 Å². The summed E-state index contributed by atoms with van der Waals surface area (Å²) in [6.07, 6.45) is 2.45. The van der Waals surface area contributed by atoms with Crippen molar-refractivity contribution < 1.29 is 13.9 Å². The predicted octanol–water partition coefficient (Wildman–Crippen LogP) is 1.76. The number of likely N-dealkylation sites (tertiary alicyclic amines) is 1. The van der Waals surface area contributed by atoms with Gasteiger partial charge in [0.1, 0.15) is 18.2 Å². The van der Waals surface area contributed by atoms with Crippen molar-refractivity contribution in [3.63, 3.8) is 0 Å². The Kier molecular flexibility index (Phi) is 7.50. The van der Waals surface area contributed by atoms with E-state index in [2.05, 4.69) is 15.2 Å². The zero-order valence-electron chi connectivity index (χ0n) is 14.7. The number of carbonyl (C=O) groups excluding carboxylic acids is 1. The maximum absolute atomic E-state index is 13.1. The van der Waals surface area contributed by atoms with Gasteiger partial charge in [0.2, 0.25) is 5.91 Å². The van der Waals surface area contributed by atoms with Gasteiger partial charge in [0, 0.05) is 32.1 Å². The summed E-state index contributed by atoms with van der Waals surface area (Å²) in [5.74, 6) is 1.03. The molecule has 0 radical (unpaired) electrons. The van der Waals surface area contributed by atoms with Crippen molar-refractivity contribution >= 4 is 11.9 Å². The average molecular weight is 350 g/mol. The zero-order valence-corrected chi connectivity index (χ0v) is 14.7. The van der Waals surface area contributed by atoms with Gasteiger partial charge in [-0.15, -0.1) is 0 Å². The van der Waals surface area contributed by atoms with Crippen LogP contribution in [0.15, 0.2) is 29.3 Å². The van der Waals surface area contributed by atoms with Crippen LogP contribution in [0.4, 0.5) is 4.39 Å². The molecule has 1 aliphatic heterocycles. The lowest BCUT2D eigenvalue weighted by Gasteiger charge is -2.34. The lowest BCUT2D eigenvalue weighted by Crippen LogP contribution is -2.47. The van der Waals surface area contributed by atoms with Gasteiger partial charge in [0.05, 0.1) is 6.54 Å². The molecule has 1 saturated heterocycles. The number of piperidine rings is 1. The summed E-state index contributed by atoms with van der Waals surface area (Å²) < 4.78 is 18.6. The third-order valence-electron chi connectivity index (χ3n) is 4.06. The third kappa shape index (κ3) is 6.60. The van der Waals surface area contributed by atoms with E-state index in [0.717, 1.165) is 38.4 Å². The molecule has 1 aromatic carbocycles. The van der Waals surface area contributed by atoms with Crippen molar-refractivity contribution in [2.45, 2.75) is 26.2 Å². The highest BCUT2D eigenvalue weighted by molar-refractivity contribution is 5.80. The maximum Gasteiger partial charge on any atom is 0.217 e. The van der Waals surface area contributed by atoms with E-state index in [1.54, 1.807) is 12.1 Å². The van der Waals surface area contributed by atoms with E-state index in [1.165, 1.54) is 12.1 Å². The molecule has 25 heavy (non-hydrogen) atoms. The molecule has 1 heterocycles. The van der Waals surface area contributed by atoms with Crippen LogP contribution in [-0.2, 0) is 4.79 Å². The maximum atomic E-state index is 13.1. The number of carbonyl (C=O) groups is 1. The highest BCUT2D eigenvalue weighted by Gasteiger charge is 2.23. The highest BCUT2D eigenvalue weighted by Crippen LogP contribution is 2.19. The van der Waals surface area contributed by atoms with E-state index in [0.29, 0.717) is 25.3 Å². The van der Waals surface area contributed by atoms with Crippen molar-refractivity contribution in [1.82, 2.24) is 10.2 Å². The van der Waals surface area contributed by atoms with Crippen molar-refractivity contribution in [1.29, 1.82) is 0 Å². The van der Waals surface area contributed by atoms with Gasteiger partial charge in [0.25, 0.3) is 0 Å². The monoisotopic (exact) mass is 350 g/mol. The van der Waals surface area contributed by atoms with E-state index in [4.69, 9.17) is 10.5 Å². The first-order valence-electron chi connectivity index (χ1n) is 8.78. The number of hydrogen-bond donors (Lipinski definition) is 2. The third-order valence-corrected chi connectivity index (χ3v) is 4.06. The second-order valence-electron chi connectivity index (χ2n) is 6.17. The quantitative estimate of drug-likeness (QED) is 0.446. The first-order valence-corrected chi connectivity index (χ1v) is 8.78. The van der Waals surface area contributed by atoms with Crippen LogP contribution < -0.4 is 15.8 Å². The van der Waals surface area contributed by atoms with Gasteiger partial charge in [-0.3, -0.25) is 4.79 Å². The molecule has 1 aliphatic rings. The van der Waals surface area contributed by atoms with E-state index in [9.17, 15) is 9.18 Å². The molecule has 7 heteroatoms. The molecule has 2 rings (SSSR count). The van der Waals surface area contributed by atoms with Gasteiger partial charge in [-0.05, 0) is 37.8 Å². The molecule has 0 aromatic heterocycles. The van der Waals surface area contributed by atoms with Gasteiger partial charge >= 0.3 is 0 Å². The minimum Gasteiger partial charge on any atom is -0.492 e. The van der Waals surface area contributed by atoms with Crippen molar-refractivity contribution in [2.24, 2.45) is 16.6 Å². The van der Waals surface area contributed by atoms with Crippen LogP contribution in [0.3, 0.4) is 0 Å². The van der Waals surface area contributed by atoms with Gasteiger partial charge in [-0.25, -0.2) is 9.38 Å². The Morgan fingerprint density at radius 2 is 2.36 bits per heavy atom. The molecule has 1 atom stereocenters. The molecular weight excluding hydrogens is 323 g/mol.